The molecule has 12 heavy (non-hydrogen) atoms. The molecule has 4 heteroatoms. The zero-order valence-electron chi connectivity index (χ0n) is 7.03. The lowest BCUT2D eigenvalue weighted by atomic mass is 10.4. The van der Waals surface area contributed by atoms with E-state index in [1.54, 1.807) is 19.4 Å². The van der Waals surface area contributed by atoms with Crippen molar-refractivity contribution >= 4 is 0 Å². The smallest absolute Gasteiger partial charge is 0.130 e. The first-order chi connectivity index (χ1) is 5.86. The van der Waals surface area contributed by atoms with E-state index in [1.807, 2.05) is 0 Å². The highest BCUT2D eigenvalue weighted by Gasteiger charge is 1.97. The van der Waals surface area contributed by atoms with Crippen molar-refractivity contribution < 1.29 is 9.84 Å². The number of aliphatic hydroxyl groups excluding tert-OH is 1. The van der Waals surface area contributed by atoms with Gasteiger partial charge in [-0.2, -0.15) is 0 Å². The van der Waals surface area contributed by atoms with Gasteiger partial charge in [-0.25, -0.2) is 9.97 Å². The summed E-state index contributed by atoms with van der Waals surface area (Å²) in [5.41, 5.74) is 0.649. The predicted molar refractivity (Wildman–Crippen MR) is 43.5 cm³/mol. The van der Waals surface area contributed by atoms with Gasteiger partial charge in [0.25, 0.3) is 0 Å². The van der Waals surface area contributed by atoms with Gasteiger partial charge in [-0.15, -0.1) is 0 Å². The number of hydrogen-bond acceptors (Lipinski definition) is 4. The maximum Gasteiger partial charge on any atom is 0.130 e. The molecule has 1 aromatic rings. The summed E-state index contributed by atoms with van der Waals surface area (Å²) < 4.78 is 4.88. The molecule has 0 unspecified atom stereocenters. The van der Waals surface area contributed by atoms with Crippen molar-refractivity contribution in [3.63, 3.8) is 0 Å². The minimum absolute atomic E-state index is 0.0392. The van der Waals surface area contributed by atoms with E-state index in [0.717, 1.165) is 0 Å². The number of hydrogen-bond donors (Lipinski definition) is 1. The van der Waals surface area contributed by atoms with Crippen LogP contribution in [0.25, 0.3) is 0 Å². The van der Waals surface area contributed by atoms with Crippen molar-refractivity contribution in [3.8, 4) is 0 Å². The second-order valence-electron chi connectivity index (χ2n) is 2.37. The summed E-state index contributed by atoms with van der Waals surface area (Å²) in [4.78, 5) is 8.11. The summed E-state index contributed by atoms with van der Waals surface area (Å²) in [6, 6.07) is 1.69. The molecule has 0 saturated carbocycles. The predicted octanol–water partition coefficient (Wildman–Crippen LogP) is 0.158. The molecular formula is C8H12N2O2. The van der Waals surface area contributed by atoms with Gasteiger partial charge in [0.1, 0.15) is 5.82 Å². The number of aliphatic hydroxyl groups is 1. The third-order valence-electron chi connectivity index (χ3n) is 1.45. The van der Waals surface area contributed by atoms with Gasteiger partial charge < -0.3 is 9.84 Å². The Balaban J connectivity index is 2.60. The van der Waals surface area contributed by atoms with Crippen molar-refractivity contribution in [1.29, 1.82) is 0 Å². The van der Waals surface area contributed by atoms with Gasteiger partial charge in [-0.05, 0) is 6.07 Å². The molecule has 1 N–H and O–H groups in total. The summed E-state index contributed by atoms with van der Waals surface area (Å²) >= 11 is 0. The highest BCUT2D eigenvalue weighted by Crippen LogP contribution is 1.96. The molecule has 1 rings (SSSR count). The molecule has 0 atom stereocenters. The van der Waals surface area contributed by atoms with Crippen LogP contribution in [0.4, 0.5) is 0 Å². The summed E-state index contributed by atoms with van der Waals surface area (Å²) in [5, 5.41) is 8.77. The second kappa shape index (κ2) is 4.79. The molecule has 4 nitrogen and oxygen atoms in total. The Kier molecular flexibility index (Phi) is 3.63. The van der Waals surface area contributed by atoms with E-state index in [2.05, 4.69) is 9.97 Å². The number of nitrogens with zero attached hydrogens (tertiary/aromatic N) is 2. The maximum absolute atomic E-state index is 8.77. The van der Waals surface area contributed by atoms with Crippen LogP contribution in [0, 0.1) is 0 Å². The van der Waals surface area contributed by atoms with E-state index in [0.29, 0.717) is 24.5 Å². The van der Waals surface area contributed by atoms with Gasteiger partial charge in [0.15, 0.2) is 0 Å². The largest absolute Gasteiger partial charge is 0.390 e. The lowest BCUT2D eigenvalue weighted by Gasteiger charge is -1.99. The van der Waals surface area contributed by atoms with Gasteiger partial charge in [0.2, 0.25) is 0 Å². The van der Waals surface area contributed by atoms with Gasteiger partial charge in [-0.1, -0.05) is 0 Å². The monoisotopic (exact) mass is 168 g/mol. The standard InChI is InChI=1S/C8H12N2O2/c1-12-5-3-8-9-4-2-7(6-11)10-8/h2,4,11H,3,5-6H2,1H3. The SMILES string of the molecule is COCCc1nccc(CO)n1. The summed E-state index contributed by atoms with van der Waals surface area (Å²) in [5.74, 6) is 0.711. The van der Waals surface area contributed by atoms with E-state index in [-0.39, 0.29) is 6.61 Å². The molecule has 1 heterocycles. The normalized spacial score (nSPS) is 10.2. The second-order valence-corrected chi connectivity index (χ2v) is 2.37. The molecule has 66 valence electrons. The molecule has 1 aromatic heterocycles. The third-order valence-corrected chi connectivity index (χ3v) is 1.45. The highest BCUT2D eigenvalue weighted by molar-refractivity contribution is 5.00. The Morgan fingerprint density at radius 2 is 2.42 bits per heavy atom. The van der Waals surface area contributed by atoms with Crippen LogP contribution in [0.3, 0.4) is 0 Å². The van der Waals surface area contributed by atoms with Crippen molar-refractivity contribution in [1.82, 2.24) is 9.97 Å². The molecule has 0 aliphatic carbocycles. The fourth-order valence-electron chi connectivity index (χ4n) is 0.843. The fraction of sp³-hybridized carbons (Fsp3) is 0.500. The fourth-order valence-corrected chi connectivity index (χ4v) is 0.843. The van der Waals surface area contributed by atoms with Crippen LogP contribution in [-0.4, -0.2) is 28.8 Å². The van der Waals surface area contributed by atoms with E-state index < -0.39 is 0 Å². The Hall–Kier alpha value is -1.00. The highest BCUT2D eigenvalue weighted by atomic mass is 16.5. The number of rotatable bonds is 4. The van der Waals surface area contributed by atoms with Crippen molar-refractivity contribution in [2.75, 3.05) is 13.7 Å². The molecule has 0 amide bonds. The van der Waals surface area contributed by atoms with Crippen LogP contribution >= 0.6 is 0 Å². The molecule has 0 fully saturated rings. The molecule has 0 bridgehead atoms. The average molecular weight is 168 g/mol. The van der Waals surface area contributed by atoms with E-state index in [1.165, 1.54) is 0 Å². The van der Waals surface area contributed by atoms with Crippen LogP contribution < -0.4 is 0 Å². The quantitative estimate of drug-likeness (QED) is 0.695. The number of aromatic nitrogens is 2. The van der Waals surface area contributed by atoms with Gasteiger partial charge in [-0.3, -0.25) is 0 Å². The maximum atomic E-state index is 8.77. The van der Waals surface area contributed by atoms with Crippen molar-refractivity contribution in [3.05, 3.63) is 23.8 Å². The minimum atomic E-state index is -0.0392. The topological polar surface area (TPSA) is 55.2 Å². The van der Waals surface area contributed by atoms with E-state index in [4.69, 9.17) is 9.84 Å². The Morgan fingerprint density at radius 3 is 3.08 bits per heavy atom. The van der Waals surface area contributed by atoms with Crippen LogP contribution in [0.15, 0.2) is 12.3 Å². The minimum Gasteiger partial charge on any atom is -0.390 e. The molecule has 0 spiro atoms. The van der Waals surface area contributed by atoms with E-state index >= 15 is 0 Å². The lowest BCUT2D eigenvalue weighted by molar-refractivity contribution is 0.200. The van der Waals surface area contributed by atoms with Crippen molar-refractivity contribution in [2.45, 2.75) is 13.0 Å². The summed E-state index contributed by atoms with van der Waals surface area (Å²) in [6.07, 6.45) is 2.33. The number of ether oxygens (including phenoxy) is 1. The third kappa shape index (κ3) is 2.56. The lowest BCUT2D eigenvalue weighted by Crippen LogP contribution is -2.02. The van der Waals surface area contributed by atoms with Crippen LogP contribution in [0.2, 0.25) is 0 Å². The summed E-state index contributed by atoms with van der Waals surface area (Å²) in [7, 11) is 1.63. The Labute approximate surface area is 71.2 Å². The van der Waals surface area contributed by atoms with E-state index in [9.17, 15) is 0 Å². The van der Waals surface area contributed by atoms with Crippen LogP contribution in [0.5, 0.6) is 0 Å². The number of methoxy groups -OCH3 is 1. The summed E-state index contributed by atoms with van der Waals surface area (Å²) in [6.45, 7) is 0.567. The van der Waals surface area contributed by atoms with Crippen LogP contribution in [0.1, 0.15) is 11.5 Å². The first kappa shape index (κ1) is 9.09. The molecule has 0 aromatic carbocycles. The van der Waals surface area contributed by atoms with Crippen molar-refractivity contribution in [2.24, 2.45) is 0 Å². The van der Waals surface area contributed by atoms with Gasteiger partial charge in [0.05, 0.1) is 18.9 Å². The molecule has 0 aliphatic rings. The van der Waals surface area contributed by atoms with Gasteiger partial charge in [0, 0.05) is 19.7 Å². The zero-order valence-corrected chi connectivity index (χ0v) is 7.03. The molecule has 0 saturated heterocycles. The zero-order chi connectivity index (χ0) is 8.81. The Morgan fingerprint density at radius 1 is 1.58 bits per heavy atom. The average Bonchev–Trinajstić information content (AvgIpc) is 2.15. The first-order valence-corrected chi connectivity index (χ1v) is 3.77. The van der Waals surface area contributed by atoms with Crippen LogP contribution in [-0.2, 0) is 17.8 Å². The molecule has 0 radical (unpaired) electrons. The Bertz CT molecular complexity index is 240. The van der Waals surface area contributed by atoms with Gasteiger partial charge >= 0.3 is 0 Å². The molecule has 0 aliphatic heterocycles. The molecular weight excluding hydrogens is 156 g/mol. The first-order valence-electron chi connectivity index (χ1n) is 3.77.